The van der Waals surface area contributed by atoms with Gasteiger partial charge in [-0.25, -0.2) is 0 Å². The summed E-state index contributed by atoms with van der Waals surface area (Å²) in [5.41, 5.74) is 0. The van der Waals surface area contributed by atoms with Crippen molar-refractivity contribution in [2.24, 2.45) is 0 Å². The number of hydrogen-bond acceptors (Lipinski definition) is 6. The first-order valence-corrected chi connectivity index (χ1v) is 4.76. The minimum Gasteiger partial charge on any atom is -0.467 e. The molecule has 86 valence electrons. The van der Waals surface area contributed by atoms with E-state index in [-0.39, 0.29) is 6.42 Å². The third kappa shape index (κ3) is 1.54. The standard InChI is InChI=1S/C9H14O6/c10-4-5-6(11)7(12)8(13)9(15-5)2-1-3-14-9/h1,3,5-8,10-13H,2,4H2/t5-,6-,7+,8-,9-/m1/s1. The van der Waals surface area contributed by atoms with Crippen molar-refractivity contribution >= 4 is 0 Å². The van der Waals surface area contributed by atoms with Crippen LogP contribution < -0.4 is 0 Å². The summed E-state index contributed by atoms with van der Waals surface area (Å²) in [4.78, 5) is 0. The van der Waals surface area contributed by atoms with Gasteiger partial charge in [0.05, 0.1) is 12.9 Å². The van der Waals surface area contributed by atoms with Crippen LogP contribution in [0.3, 0.4) is 0 Å². The summed E-state index contributed by atoms with van der Waals surface area (Å²) in [7, 11) is 0. The Labute approximate surface area is 86.4 Å². The molecular formula is C9H14O6. The minimum atomic E-state index is -1.39. The predicted molar refractivity (Wildman–Crippen MR) is 47.6 cm³/mol. The van der Waals surface area contributed by atoms with Crippen molar-refractivity contribution in [3.05, 3.63) is 12.3 Å². The quantitative estimate of drug-likeness (QED) is 0.410. The highest BCUT2D eigenvalue weighted by atomic mass is 16.7. The molecule has 0 aromatic heterocycles. The van der Waals surface area contributed by atoms with Crippen molar-refractivity contribution in [2.75, 3.05) is 6.61 Å². The molecule has 1 fully saturated rings. The summed E-state index contributed by atoms with van der Waals surface area (Å²) >= 11 is 0. The number of rotatable bonds is 1. The molecular weight excluding hydrogens is 204 g/mol. The first-order chi connectivity index (χ1) is 7.10. The van der Waals surface area contributed by atoms with Gasteiger partial charge in [-0.1, -0.05) is 0 Å². The highest BCUT2D eigenvalue weighted by Crippen LogP contribution is 2.37. The van der Waals surface area contributed by atoms with Crippen LogP contribution >= 0.6 is 0 Å². The lowest BCUT2D eigenvalue weighted by atomic mass is 9.91. The monoisotopic (exact) mass is 218 g/mol. The molecule has 5 atom stereocenters. The van der Waals surface area contributed by atoms with Gasteiger partial charge in [0.2, 0.25) is 5.79 Å². The maximum absolute atomic E-state index is 9.73. The maximum atomic E-state index is 9.73. The first kappa shape index (κ1) is 10.8. The second kappa shape index (κ2) is 3.73. The third-order valence-electron chi connectivity index (χ3n) is 2.80. The Balaban J connectivity index is 2.19. The summed E-state index contributed by atoms with van der Waals surface area (Å²) in [6.45, 7) is -0.448. The van der Waals surface area contributed by atoms with Crippen LogP contribution in [0.5, 0.6) is 0 Å². The van der Waals surface area contributed by atoms with Gasteiger partial charge in [0.1, 0.15) is 24.4 Å². The molecule has 0 radical (unpaired) electrons. The zero-order valence-corrected chi connectivity index (χ0v) is 7.98. The Morgan fingerprint density at radius 3 is 2.53 bits per heavy atom. The Bertz CT molecular complexity index is 255. The molecule has 2 heterocycles. The summed E-state index contributed by atoms with van der Waals surface area (Å²) in [5, 5.41) is 37.7. The van der Waals surface area contributed by atoms with Crippen LogP contribution in [0.1, 0.15) is 6.42 Å². The van der Waals surface area contributed by atoms with Crippen LogP contribution in [0.25, 0.3) is 0 Å². The van der Waals surface area contributed by atoms with Crippen LogP contribution in [0.4, 0.5) is 0 Å². The molecule has 0 aromatic rings. The molecule has 0 saturated carbocycles. The molecule has 0 amide bonds. The predicted octanol–water partition coefficient (Wildman–Crippen LogP) is -1.91. The van der Waals surface area contributed by atoms with Crippen molar-refractivity contribution < 1.29 is 29.9 Å². The number of aliphatic hydroxyl groups is 4. The molecule has 0 bridgehead atoms. The van der Waals surface area contributed by atoms with Gasteiger partial charge in [0.15, 0.2) is 0 Å². The van der Waals surface area contributed by atoms with E-state index in [1.807, 2.05) is 0 Å². The molecule has 2 aliphatic rings. The van der Waals surface area contributed by atoms with Crippen molar-refractivity contribution in [3.8, 4) is 0 Å². The van der Waals surface area contributed by atoms with Crippen LogP contribution in [-0.2, 0) is 9.47 Å². The normalized spacial score (nSPS) is 49.6. The Kier molecular flexibility index (Phi) is 2.70. The zero-order chi connectivity index (χ0) is 11.1. The summed E-state index contributed by atoms with van der Waals surface area (Å²) < 4.78 is 10.4. The molecule has 15 heavy (non-hydrogen) atoms. The summed E-state index contributed by atoms with van der Waals surface area (Å²) in [6, 6.07) is 0. The summed E-state index contributed by atoms with van der Waals surface area (Å²) in [5.74, 6) is -1.37. The molecule has 1 spiro atoms. The molecule has 0 aliphatic carbocycles. The molecule has 6 heteroatoms. The highest BCUT2D eigenvalue weighted by Gasteiger charge is 2.55. The van der Waals surface area contributed by atoms with E-state index in [0.29, 0.717) is 0 Å². The molecule has 1 saturated heterocycles. The fourth-order valence-corrected chi connectivity index (χ4v) is 1.90. The Morgan fingerprint density at radius 1 is 1.27 bits per heavy atom. The van der Waals surface area contributed by atoms with E-state index in [9.17, 15) is 15.3 Å². The number of hydrogen-bond donors (Lipinski definition) is 4. The Morgan fingerprint density at radius 2 is 2.00 bits per heavy atom. The maximum Gasteiger partial charge on any atom is 0.242 e. The van der Waals surface area contributed by atoms with Gasteiger partial charge in [-0.3, -0.25) is 0 Å². The van der Waals surface area contributed by atoms with Gasteiger partial charge < -0.3 is 29.9 Å². The van der Waals surface area contributed by atoms with E-state index < -0.39 is 36.8 Å². The van der Waals surface area contributed by atoms with Gasteiger partial charge in [0, 0.05) is 6.42 Å². The lowest BCUT2D eigenvalue weighted by Crippen LogP contribution is -2.64. The lowest BCUT2D eigenvalue weighted by molar-refractivity contribution is -0.342. The van der Waals surface area contributed by atoms with Crippen LogP contribution in [-0.4, -0.2) is 57.2 Å². The largest absolute Gasteiger partial charge is 0.467 e. The van der Waals surface area contributed by atoms with Crippen molar-refractivity contribution in [1.29, 1.82) is 0 Å². The number of aliphatic hydroxyl groups excluding tert-OH is 4. The van der Waals surface area contributed by atoms with E-state index in [4.69, 9.17) is 14.6 Å². The van der Waals surface area contributed by atoms with Crippen molar-refractivity contribution in [2.45, 2.75) is 36.6 Å². The molecule has 2 aliphatic heterocycles. The van der Waals surface area contributed by atoms with Crippen LogP contribution in [0, 0.1) is 0 Å². The van der Waals surface area contributed by atoms with Gasteiger partial charge in [0.25, 0.3) is 0 Å². The van der Waals surface area contributed by atoms with E-state index in [2.05, 4.69) is 0 Å². The second-order valence-electron chi connectivity index (χ2n) is 3.77. The van der Waals surface area contributed by atoms with E-state index >= 15 is 0 Å². The molecule has 6 nitrogen and oxygen atoms in total. The highest BCUT2D eigenvalue weighted by molar-refractivity contribution is 5.04. The number of ether oxygens (including phenoxy) is 2. The first-order valence-electron chi connectivity index (χ1n) is 4.76. The fourth-order valence-electron chi connectivity index (χ4n) is 1.90. The second-order valence-corrected chi connectivity index (χ2v) is 3.77. The van der Waals surface area contributed by atoms with Gasteiger partial charge in [-0.2, -0.15) is 0 Å². The lowest BCUT2D eigenvalue weighted by Gasteiger charge is -2.45. The SMILES string of the molecule is OC[C@H]1O[C@]2(CC=CO2)[C@H](O)[C@@H](O)[C@@H]1O. The van der Waals surface area contributed by atoms with E-state index in [1.165, 1.54) is 6.26 Å². The van der Waals surface area contributed by atoms with Crippen LogP contribution in [0.15, 0.2) is 12.3 Å². The van der Waals surface area contributed by atoms with Gasteiger partial charge in [-0.05, 0) is 6.08 Å². The molecule has 0 aromatic carbocycles. The average molecular weight is 218 g/mol. The zero-order valence-electron chi connectivity index (χ0n) is 7.98. The van der Waals surface area contributed by atoms with E-state index in [1.54, 1.807) is 6.08 Å². The average Bonchev–Trinajstić information content (AvgIpc) is 2.70. The summed E-state index contributed by atoms with van der Waals surface area (Å²) in [6.07, 6.45) is -1.73. The van der Waals surface area contributed by atoms with Crippen molar-refractivity contribution in [3.63, 3.8) is 0 Å². The van der Waals surface area contributed by atoms with Crippen LogP contribution in [0.2, 0.25) is 0 Å². The fraction of sp³-hybridized carbons (Fsp3) is 0.778. The van der Waals surface area contributed by atoms with E-state index in [0.717, 1.165) is 0 Å². The molecule has 4 N–H and O–H groups in total. The molecule has 2 rings (SSSR count). The smallest absolute Gasteiger partial charge is 0.242 e. The third-order valence-corrected chi connectivity index (χ3v) is 2.80. The van der Waals surface area contributed by atoms with Gasteiger partial charge in [-0.15, -0.1) is 0 Å². The van der Waals surface area contributed by atoms with Gasteiger partial charge >= 0.3 is 0 Å². The minimum absolute atomic E-state index is 0.272. The molecule has 0 unspecified atom stereocenters. The van der Waals surface area contributed by atoms with Crippen molar-refractivity contribution in [1.82, 2.24) is 0 Å². The topological polar surface area (TPSA) is 99.4 Å². The Hall–Kier alpha value is -0.660.